The van der Waals surface area contributed by atoms with E-state index in [0.29, 0.717) is 5.56 Å². The van der Waals surface area contributed by atoms with Crippen LogP contribution in [0, 0.1) is 11.6 Å². The van der Waals surface area contributed by atoms with Gasteiger partial charge < -0.3 is 10.5 Å². The van der Waals surface area contributed by atoms with Gasteiger partial charge >= 0.3 is 0 Å². The Morgan fingerprint density at radius 3 is 2.46 bits per heavy atom. The maximum atomic E-state index is 13.1. The Labute approximate surface area is 75.3 Å². The van der Waals surface area contributed by atoms with Gasteiger partial charge in [0, 0.05) is 17.7 Å². The van der Waals surface area contributed by atoms with E-state index in [2.05, 4.69) is 0 Å². The second kappa shape index (κ2) is 3.70. The standard InChI is InChI=1S/C9H11F2NO/c1-5(12)7-3-6(10)4-8(11)9(7)13-2/h3-5H,12H2,1-2H3/t5-/m1/s1. The average Bonchev–Trinajstić information content (AvgIpc) is 2.02. The molecule has 1 rings (SSSR count). The van der Waals surface area contributed by atoms with E-state index in [1.807, 2.05) is 0 Å². The van der Waals surface area contributed by atoms with Crippen LogP contribution in [0.1, 0.15) is 18.5 Å². The van der Waals surface area contributed by atoms with Crippen LogP contribution in [0.5, 0.6) is 5.75 Å². The molecule has 0 saturated carbocycles. The molecule has 72 valence electrons. The van der Waals surface area contributed by atoms with Gasteiger partial charge in [-0.25, -0.2) is 8.78 Å². The van der Waals surface area contributed by atoms with E-state index < -0.39 is 17.7 Å². The van der Waals surface area contributed by atoms with E-state index in [4.69, 9.17) is 10.5 Å². The number of hydrogen-bond donors (Lipinski definition) is 1. The van der Waals surface area contributed by atoms with E-state index in [1.54, 1.807) is 6.92 Å². The first-order chi connectivity index (χ1) is 6.06. The molecule has 0 bridgehead atoms. The Kier molecular flexibility index (Phi) is 2.83. The van der Waals surface area contributed by atoms with Crippen molar-refractivity contribution in [3.05, 3.63) is 29.3 Å². The number of halogens is 2. The first kappa shape index (κ1) is 9.92. The quantitative estimate of drug-likeness (QED) is 0.768. The first-order valence-corrected chi connectivity index (χ1v) is 3.84. The fourth-order valence-corrected chi connectivity index (χ4v) is 1.13. The van der Waals surface area contributed by atoms with Gasteiger partial charge in [-0.3, -0.25) is 0 Å². The number of methoxy groups -OCH3 is 1. The molecule has 0 aromatic heterocycles. The van der Waals surface area contributed by atoms with Crippen LogP contribution in [0.25, 0.3) is 0 Å². The molecule has 0 aliphatic heterocycles. The summed E-state index contributed by atoms with van der Waals surface area (Å²) in [7, 11) is 1.32. The summed E-state index contributed by atoms with van der Waals surface area (Å²) in [4.78, 5) is 0. The van der Waals surface area contributed by atoms with Crippen LogP contribution in [0.4, 0.5) is 8.78 Å². The van der Waals surface area contributed by atoms with Gasteiger partial charge in [-0.15, -0.1) is 0 Å². The minimum absolute atomic E-state index is 0.0106. The maximum Gasteiger partial charge on any atom is 0.168 e. The summed E-state index contributed by atoms with van der Waals surface area (Å²) in [5.41, 5.74) is 5.85. The van der Waals surface area contributed by atoms with Crippen LogP contribution < -0.4 is 10.5 Å². The average molecular weight is 187 g/mol. The third-order valence-corrected chi connectivity index (χ3v) is 1.73. The summed E-state index contributed by atoms with van der Waals surface area (Å²) in [6.45, 7) is 1.64. The molecule has 2 nitrogen and oxygen atoms in total. The summed E-state index contributed by atoms with van der Waals surface area (Å²) in [5.74, 6) is -1.36. The first-order valence-electron chi connectivity index (χ1n) is 3.84. The molecule has 2 N–H and O–H groups in total. The van der Waals surface area contributed by atoms with Crippen molar-refractivity contribution in [1.82, 2.24) is 0 Å². The highest BCUT2D eigenvalue weighted by atomic mass is 19.1. The van der Waals surface area contributed by atoms with Crippen LogP contribution in [-0.4, -0.2) is 7.11 Å². The summed E-state index contributed by atoms with van der Waals surface area (Å²) >= 11 is 0. The zero-order valence-corrected chi connectivity index (χ0v) is 7.47. The van der Waals surface area contributed by atoms with Crippen molar-refractivity contribution in [2.75, 3.05) is 7.11 Å². The van der Waals surface area contributed by atoms with Gasteiger partial charge in [0.05, 0.1) is 7.11 Å². The fourth-order valence-electron chi connectivity index (χ4n) is 1.13. The van der Waals surface area contributed by atoms with Crippen molar-refractivity contribution in [1.29, 1.82) is 0 Å². The van der Waals surface area contributed by atoms with E-state index in [1.165, 1.54) is 13.2 Å². The third-order valence-electron chi connectivity index (χ3n) is 1.73. The number of rotatable bonds is 2. The van der Waals surface area contributed by atoms with Gasteiger partial charge in [-0.05, 0) is 13.0 Å². The summed E-state index contributed by atoms with van der Waals surface area (Å²) in [5, 5.41) is 0. The second-order valence-corrected chi connectivity index (χ2v) is 2.80. The van der Waals surface area contributed by atoms with Crippen LogP contribution in [0.3, 0.4) is 0 Å². The number of nitrogens with two attached hydrogens (primary N) is 1. The van der Waals surface area contributed by atoms with Crippen molar-refractivity contribution >= 4 is 0 Å². The van der Waals surface area contributed by atoms with Gasteiger partial charge in [-0.2, -0.15) is 0 Å². The molecule has 0 aliphatic rings. The Balaban J connectivity index is 3.29. The zero-order valence-electron chi connectivity index (χ0n) is 7.47. The van der Waals surface area contributed by atoms with Crippen LogP contribution in [0.2, 0.25) is 0 Å². The van der Waals surface area contributed by atoms with Crippen LogP contribution >= 0.6 is 0 Å². The summed E-state index contributed by atoms with van der Waals surface area (Å²) in [6.07, 6.45) is 0. The highest BCUT2D eigenvalue weighted by Crippen LogP contribution is 2.27. The van der Waals surface area contributed by atoms with E-state index >= 15 is 0 Å². The van der Waals surface area contributed by atoms with E-state index in [0.717, 1.165) is 6.07 Å². The molecule has 0 amide bonds. The van der Waals surface area contributed by atoms with Crippen molar-refractivity contribution in [2.45, 2.75) is 13.0 Å². The predicted molar refractivity (Wildman–Crippen MR) is 45.5 cm³/mol. The van der Waals surface area contributed by atoms with Crippen molar-refractivity contribution < 1.29 is 13.5 Å². The highest BCUT2D eigenvalue weighted by molar-refractivity contribution is 5.37. The normalized spacial score (nSPS) is 12.7. The van der Waals surface area contributed by atoms with Crippen molar-refractivity contribution in [3.63, 3.8) is 0 Å². The largest absolute Gasteiger partial charge is 0.493 e. The SMILES string of the molecule is COc1c(F)cc(F)cc1[C@@H](C)N. The van der Waals surface area contributed by atoms with Gasteiger partial charge in [-0.1, -0.05) is 0 Å². The molecule has 0 aliphatic carbocycles. The Morgan fingerprint density at radius 2 is 2.00 bits per heavy atom. The molecule has 0 unspecified atom stereocenters. The molecule has 0 fully saturated rings. The lowest BCUT2D eigenvalue weighted by molar-refractivity contribution is 0.376. The monoisotopic (exact) mass is 187 g/mol. The van der Waals surface area contributed by atoms with Gasteiger partial charge in [0.15, 0.2) is 11.6 Å². The highest BCUT2D eigenvalue weighted by Gasteiger charge is 2.14. The minimum atomic E-state index is -0.727. The third kappa shape index (κ3) is 1.95. The molecular formula is C9H11F2NO. The molecular weight excluding hydrogens is 176 g/mol. The molecule has 4 heteroatoms. The Bertz CT molecular complexity index is 313. The summed E-state index contributed by atoms with van der Waals surface area (Å²) < 4.78 is 30.6. The number of ether oxygens (including phenoxy) is 1. The summed E-state index contributed by atoms with van der Waals surface area (Å²) in [6, 6.07) is 1.48. The molecule has 0 saturated heterocycles. The molecule has 0 radical (unpaired) electrons. The lowest BCUT2D eigenvalue weighted by Crippen LogP contribution is -2.08. The zero-order chi connectivity index (χ0) is 10.0. The Hall–Kier alpha value is -1.16. The molecule has 1 aromatic rings. The fraction of sp³-hybridized carbons (Fsp3) is 0.333. The molecule has 0 heterocycles. The maximum absolute atomic E-state index is 13.1. The molecule has 1 aromatic carbocycles. The predicted octanol–water partition coefficient (Wildman–Crippen LogP) is 1.99. The van der Waals surface area contributed by atoms with E-state index in [9.17, 15) is 8.78 Å². The van der Waals surface area contributed by atoms with Gasteiger partial charge in [0.2, 0.25) is 0 Å². The molecule has 1 atom stereocenters. The van der Waals surface area contributed by atoms with Crippen LogP contribution in [0.15, 0.2) is 12.1 Å². The van der Waals surface area contributed by atoms with Crippen LogP contribution in [-0.2, 0) is 0 Å². The van der Waals surface area contributed by atoms with Gasteiger partial charge in [0.25, 0.3) is 0 Å². The minimum Gasteiger partial charge on any atom is -0.493 e. The Morgan fingerprint density at radius 1 is 1.38 bits per heavy atom. The number of hydrogen-bond acceptors (Lipinski definition) is 2. The lowest BCUT2D eigenvalue weighted by atomic mass is 10.1. The topological polar surface area (TPSA) is 35.2 Å². The van der Waals surface area contributed by atoms with Crippen molar-refractivity contribution in [2.24, 2.45) is 5.73 Å². The van der Waals surface area contributed by atoms with Gasteiger partial charge in [0.1, 0.15) is 5.82 Å². The number of benzene rings is 1. The smallest absolute Gasteiger partial charge is 0.168 e. The lowest BCUT2D eigenvalue weighted by Gasteiger charge is -2.12. The van der Waals surface area contributed by atoms with Crippen molar-refractivity contribution in [3.8, 4) is 5.75 Å². The second-order valence-electron chi connectivity index (χ2n) is 2.80. The van der Waals surface area contributed by atoms with E-state index in [-0.39, 0.29) is 5.75 Å². The molecule has 0 spiro atoms. The molecule has 13 heavy (non-hydrogen) atoms.